The van der Waals surface area contributed by atoms with Gasteiger partial charge < -0.3 is 24.8 Å². The van der Waals surface area contributed by atoms with Crippen LogP contribution in [0.4, 0.5) is 34.1 Å². The maximum atomic E-state index is 6.10. The molecule has 0 aliphatic heterocycles. The summed E-state index contributed by atoms with van der Waals surface area (Å²) in [5.74, 6) is 0. The lowest BCUT2D eigenvalue weighted by Crippen LogP contribution is -2.16. The van der Waals surface area contributed by atoms with Crippen LogP contribution in [0.15, 0.2) is 336 Å². The van der Waals surface area contributed by atoms with Gasteiger partial charge in [0.15, 0.2) is 0 Å². The lowest BCUT2D eigenvalue weighted by molar-refractivity contribution is 0.660. The number of rotatable bonds is 9. The molecule has 0 atom stereocenters. The Labute approximate surface area is 615 Å². The van der Waals surface area contributed by atoms with Crippen LogP contribution in [0.3, 0.4) is 0 Å². The number of fused-ring (bicyclic) bond motifs is 18. The van der Waals surface area contributed by atoms with Crippen molar-refractivity contribution < 1.29 is 8.83 Å². The number of anilines is 6. The summed E-state index contributed by atoms with van der Waals surface area (Å²) in [6, 6.07) is 117. The van der Waals surface area contributed by atoms with E-state index in [2.05, 4.69) is 337 Å². The van der Waals surface area contributed by atoms with E-state index < -0.39 is 0 Å². The van der Waals surface area contributed by atoms with Crippen molar-refractivity contribution in [1.82, 2.24) is 0 Å². The highest BCUT2D eigenvalue weighted by molar-refractivity contribution is 7.26. The molecule has 0 unspecified atom stereocenters. The molecule has 3 heterocycles. The Kier molecular flexibility index (Phi) is 15.0. The second kappa shape index (κ2) is 24.9. The molecule has 0 saturated heterocycles. The van der Waals surface area contributed by atoms with Gasteiger partial charge >= 0.3 is 0 Å². The van der Waals surface area contributed by atoms with E-state index in [0.29, 0.717) is 0 Å². The highest BCUT2D eigenvalue weighted by Crippen LogP contribution is 2.55. The Bertz CT molecular complexity index is 6490. The van der Waals surface area contributed by atoms with Crippen LogP contribution in [0, 0.1) is 0 Å². The average Bonchev–Trinajstić information content (AvgIpc) is 1.58. The van der Waals surface area contributed by atoms with Crippen molar-refractivity contribution in [2.75, 3.05) is 16.0 Å². The molecule has 3 aliphatic rings. The molecule has 15 aromatic carbocycles. The summed E-state index contributed by atoms with van der Waals surface area (Å²) >= 11 is 1.87. The number of benzene rings is 15. The monoisotopic (exact) mass is 1370 g/mol. The van der Waals surface area contributed by atoms with E-state index in [1.807, 2.05) is 59.9 Å². The van der Waals surface area contributed by atoms with Gasteiger partial charge in [-0.2, -0.15) is 0 Å². The first-order chi connectivity index (χ1) is 51.3. The van der Waals surface area contributed by atoms with Crippen LogP contribution in [0.1, 0.15) is 74.9 Å². The van der Waals surface area contributed by atoms with Crippen molar-refractivity contribution in [1.29, 1.82) is 0 Å². The molecule has 0 spiro atoms. The molecule has 18 aromatic rings. The zero-order chi connectivity index (χ0) is 70.7. The smallest absolute Gasteiger partial charge is 0.137 e. The van der Waals surface area contributed by atoms with Crippen molar-refractivity contribution in [2.45, 2.75) is 57.8 Å². The molecule has 5 nitrogen and oxygen atoms in total. The Balaban J connectivity index is 0.000000108. The van der Waals surface area contributed by atoms with Gasteiger partial charge in [-0.1, -0.05) is 272 Å². The van der Waals surface area contributed by atoms with E-state index in [4.69, 9.17) is 8.83 Å². The number of para-hydroxylation sites is 3. The molecule has 0 bridgehead atoms. The molecule has 3 N–H and O–H groups in total. The Hall–Kier alpha value is -12.5. The highest BCUT2D eigenvalue weighted by Gasteiger charge is 2.39. The summed E-state index contributed by atoms with van der Waals surface area (Å²) in [7, 11) is 0. The zero-order valence-electron chi connectivity index (χ0n) is 59.4. The maximum Gasteiger partial charge on any atom is 0.137 e. The van der Waals surface area contributed by atoms with Crippen molar-refractivity contribution in [3.8, 4) is 66.8 Å². The van der Waals surface area contributed by atoms with Gasteiger partial charge in [-0.25, -0.2) is 0 Å². The topological polar surface area (TPSA) is 62.4 Å². The summed E-state index contributed by atoms with van der Waals surface area (Å²) < 4.78 is 14.8. The van der Waals surface area contributed by atoms with Crippen molar-refractivity contribution in [2.24, 2.45) is 0 Å². The van der Waals surface area contributed by atoms with Gasteiger partial charge in [0.1, 0.15) is 22.3 Å². The van der Waals surface area contributed by atoms with E-state index in [1.54, 1.807) is 0 Å². The Morgan fingerprint density at radius 1 is 0.238 bits per heavy atom. The first-order valence-electron chi connectivity index (χ1n) is 36.4. The lowest BCUT2D eigenvalue weighted by atomic mass is 9.79. The van der Waals surface area contributed by atoms with Crippen LogP contribution in [-0.4, -0.2) is 0 Å². The SMILES string of the molecule is CC1(C)c2cc(Nc3cccc4oc5ccccc5c34)ccc2-c2ccc(-c3ccccc3)cc21.CC1(C)c2cc(Nc3cccc4oc5ccccc5c34)ccc2-c2cccc(-c3ccccc3)c21.CC1(C)c2ccccc2-c2ccc(Nc3ccccc3-c3cccc4sc5ccccc5c34)cc21. The number of nitrogens with one attached hydrogen (secondary N) is 3. The average molecular weight is 1370 g/mol. The van der Waals surface area contributed by atoms with Crippen LogP contribution in [0.2, 0.25) is 0 Å². The van der Waals surface area contributed by atoms with Gasteiger partial charge in [0.2, 0.25) is 0 Å². The summed E-state index contributed by atoms with van der Waals surface area (Å²) in [6.45, 7) is 14.0. The fourth-order valence-electron chi connectivity index (χ4n) is 17.3. The molecule has 105 heavy (non-hydrogen) atoms. The normalized spacial score (nSPS) is 13.7. The second-order valence-corrected chi connectivity index (χ2v) is 30.8. The Morgan fingerprint density at radius 3 is 1.27 bits per heavy atom. The third-order valence-electron chi connectivity index (χ3n) is 22.4. The van der Waals surface area contributed by atoms with Crippen LogP contribution in [0.25, 0.3) is 131 Å². The first kappa shape index (κ1) is 63.4. The summed E-state index contributed by atoms with van der Waals surface area (Å²) in [5, 5.41) is 18.4. The standard InChI is InChI=1S/2C33H25NO.C33H25NS/c1-33(2)27-20-22(34-28-15-9-17-30-31(28)26-12-6-7-16-29(26)35-30)18-19-24(27)25-14-8-13-23(32(25)33)21-10-4-3-5-11-21;1-33(2)27-19-22(21-9-4-3-5-10-21)15-17-24(27)25-18-16-23(20-28(25)33)34-29-12-8-14-31-32(29)26-11-6-7-13-30(26)35-31;1-33(2)27-14-6-3-10-22(27)23-19-18-21(20-28(23)33)34-29-15-7-4-11-24(29)25-13-9-17-31-32(25)26-12-5-8-16-30(26)35-31/h3*3-20,34H,1-2H3. The summed E-state index contributed by atoms with van der Waals surface area (Å²) in [6.07, 6.45) is 0. The van der Waals surface area contributed by atoms with Gasteiger partial charge in [0.25, 0.3) is 0 Å². The number of furan rings is 2. The van der Waals surface area contributed by atoms with E-state index in [1.165, 1.54) is 120 Å². The third kappa shape index (κ3) is 10.6. The summed E-state index contributed by atoms with van der Waals surface area (Å²) in [5.41, 5.74) is 33.9. The van der Waals surface area contributed by atoms with Crippen LogP contribution >= 0.6 is 11.3 Å². The highest BCUT2D eigenvalue weighted by atomic mass is 32.1. The molecule has 0 radical (unpaired) electrons. The molecule has 0 saturated carbocycles. The van der Waals surface area contributed by atoms with Gasteiger partial charge in [-0.15, -0.1) is 11.3 Å². The van der Waals surface area contributed by atoms with Gasteiger partial charge in [0.05, 0.1) is 22.1 Å². The predicted molar refractivity (Wildman–Crippen MR) is 445 cm³/mol. The van der Waals surface area contributed by atoms with Crippen molar-refractivity contribution in [3.05, 3.63) is 361 Å². The van der Waals surface area contributed by atoms with Crippen LogP contribution in [-0.2, 0) is 16.2 Å². The fourth-order valence-corrected chi connectivity index (χ4v) is 18.4. The zero-order valence-corrected chi connectivity index (χ0v) is 60.2. The number of hydrogen-bond donors (Lipinski definition) is 3. The number of thiophene rings is 1. The van der Waals surface area contributed by atoms with E-state index in [-0.39, 0.29) is 16.2 Å². The molecule has 6 heteroatoms. The number of hydrogen-bond acceptors (Lipinski definition) is 6. The maximum absolute atomic E-state index is 6.10. The minimum Gasteiger partial charge on any atom is -0.456 e. The van der Waals surface area contributed by atoms with Gasteiger partial charge in [-0.05, 0) is 192 Å². The predicted octanol–water partition coefficient (Wildman–Crippen LogP) is 28.4. The molecule has 504 valence electrons. The first-order valence-corrected chi connectivity index (χ1v) is 37.2. The minimum absolute atomic E-state index is 0.00960. The summed E-state index contributed by atoms with van der Waals surface area (Å²) in [4.78, 5) is 0. The van der Waals surface area contributed by atoms with E-state index in [9.17, 15) is 0 Å². The van der Waals surface area contributed by atoms with Crippen LogP contribution in [0.5, 0.6) is 0 Å². The van der Waals surface area contributed by atoms with Gasteiger partial charge in [0, 0.05) is 75.5 Å². The van der Waals surface area contributed by atoms with Crippen molar-refractivity contribution in [3.63, 3.8) is 0 Å². The molecule has 3 aliphatic carbocycles. The molecule has 0 fully saturated rings. The second-order valence-electron chi connectivity index (χ2n) is 29.7. The fraction of sp³-hybridized carbons (Fsp3) is 0.0909. The molecule has 21 rings (SSSR count). The molecular weight excluding hydrogens is 1300 g/mol. The van der Waals surface area contributed by atoms with Crippen LogP contribution < -0.4 is 16.0 Å². The quantitative estimate of drug-likeness (QED) is 0.134. The molecule has 3 aromatic heterocycles. The van der Waals surface area contributed by atoms with E-state index in [0.717, 1.165) is 78.0 Å². The third-order valence-corrected chi connectivity index (χ3v) is 23.5. The molecule has 0 amide bonds. The van der Waals surface area contributed by atoms with Crippen molar-refractivity contribution >= 4 is 110 Å². The lowest BCUT2D eigenvalue weighted by Gasteiger charge is -2.25. The van der Waals surface area contributed by atoms with Gasteiger partial charge in [-0.3, -0.25) is 0 Å². The minimum atomic E-state index is -0.108. The largest absolute Gasteiger partial charge is 0.456 e. The Morgan fingerprint density at radius 2 is 0.638 bits per heavy atom. The molecular formula is C99H75N3O2S. The van der Waals surface area contributed by atoms with E-state index >= 15 is 0 Å².